The number of aldehydes is 1. The molecule has 0 saturated carbocycles. The molecule has 14 heavy (non-hydrogen) atoms. The van der Waals surface area contributed by atoms with Gasteiger partial charge in [0.05, 0.1) is 0 Å². The van der Waals surface area contributed by atoms with E-state index in [1.165, 1.54) is 16.7 Å². The van der Waals surface area contributed by atoms with Crippen LogP contribution in [0.4, 0.5) is 0 Å². The van der Waals surface area contributed by atoms with Crippen molar-refractivity contribution in [2.24, 2.45) is 5.92 Å². The summed E-state index contributed by atoms with van der Waals surface area (Å²) in [6.45, 7) is 6.49. The van der Waals surface area contributed by atoms with Crippen LogP contribution < -0.4 is 0 Å². The van der Waals surface area contributed by atoms with Gasteiger partial charge < -0.3 is 4.79 Å². The van der Waals surface area contributed by atoms with Crippen LogP contribution in [0.15, 0.2) is 18.2 Å². The van der Waals surface area contributed by atoms with Crippen LogP contribution in [-0.4, -0.2) is 6.29 Å². The van der Waals surface area contributed by atoms with Gasteiger partial charge in [-0.3, -0.25) is 0 Å². The monoisotopic (exact) mass is 190 g/mol. The lowest BCUT2D eigenvalue weighted by atomic mass is 9.95. The van der Waals surface area contributed by atoms with Crippen LogP contribution in [0, 0.1) is 12.8 Å². The van der Waals surface area contributed by atoms with Crippen molar-refractivity contribution in [2.45, 2.75) is 33.6 Å². The summed E-state index contributed by atoms with van der Waals surface area (Å²) in [7, 11) is 0. The molecule has 0 aliphatic carbocycles. The largest absolute Gasteiger partial charge is 0.303 e. The maximum atomic E-state index is 10.5. The third kappa shape index (κ3) is 2.99. The maximum Gasteiger partial charge on any atom is 0.124 e. The first-order valence-electron chi connectivity index (χ1n) is 5.15. The zero-order valence-electron chi connectivity index (χ0n) is 9.21. The molecule has 76 valence electrons. The van der Waals surface area contributed by atoms with Gasteiger partial charge in [0.2, 0.25) is 0 Å². The number of hydrogen-bond donors (Lipinski definition) is 0. The van der Waals surface area contributed by atoms with E-state index in [9.17, 15) is 4.79 Å². The fourth-order valence-corrected chi connectivity index (χ4v) is 1.67. The van der Waals surface area contributed by atoms with Gasteiger partial charge in [-0.05, 0) is 30.4 Å². The normalized spacial score (nSPS) is 10.6. The Labute approximate surface area is 86.1 Å². The van der Waals surface area contributed by atoms with Gasteiger partial charge in [0, 0.05) is 6.42 Å². The Bertz CT molecular complexity index is 313. The third-order valence-corrected chi connectivity index (χ3v) is 2.29. The molecular weight excluding hydrogens is 172 g/mol. The number of carbonyl (C=O) groups excluding carboxylic acids is 1. The molecule has 1 rings (SSSR count). The molecule has 0 spiro atoms. The van der Waals surface area contributed by atoms with E-state index in [2.05, 4.69) is 39.0 Å². The first-order chi connectivity index (χ1) is 6.63. The second-order valence-corrected chi connectivity index (χ2v) is 4.24. The van der Waals surface area contributed by atoms with Crippen molar-refractivity contribution in [3.8, 4) is 0 Å². The smallest absolute Gasteiger partial charge is 0.124 e. The van der Waals surface area contributed by atoms with E-state index in [4.69, 9.17) is 0 Å². The molecule has 0 saturated heterocycles. The summed E-state index contributed by atoms with van der Waals surface area (Å²) >= 11 is 0. The number of hydrogen-bond acceptors (Lipinski definition) is 1. The minimum atomic E-state index is 0.544. The Morgan fingerprint density at radius 2 is 2.00 bits per heavy atom. The summed E-state index contributed by atoms with van der Waals surface area (Å²) in [5, 5.41) is 0. The van der Waals surface area contributed by atoms with Crippen molar-refractivity contribution in [3.63, 3.8) is 0 Å². The van der Waals surface area contributed by atoms with Gasteiger partial charge in [0.1, 0.15) is 6.29 Å². The van der Waals surface area contributed by atoms with Gasteiger partial charge in [-0.1, -0.05) is 37.6 Å². The van der Waals surface area contributed by atoms with E-state index in [-0.39, 0.29) is 0 Å². The van der Waals surface area contributed by atoms with Crippen LogP contribution >= 0.6 is 0 Å². The molecule has 0 amide bonds. The molecule has 1 nitrogen and oxygen atoms in total. The predicted molar refractivity (Wildman–Crippen MR) is 59.5 cm³/mol. The highest BCUT2D eigenvalue weighted by Crippen LogP contribution is 2.16. The Kier molecular flexibility index (Phi) is 3.87. The average molecular weight is 190 g/mol. The summed E-state index contributed by atoms with van der Waals surface area (Å²) in [5.74, 6) is 0.641. The Morgan fingerprint density at radius 1 is 1.29 bits per heavy atom. The topological polar surface area (TPSA) is 17.1 Å². The van der Waals surface area contributed by atoms with E-state index in [0.717, 1.165) is 12.7 Å². The average Bonchev–Trinajstić information content (AvgIpc) is 2.09. The Balaban J connectivity index is 2.96. The molecule has 0 bridgehead atoms. The quantitative estimate of drug-likeness (QED) is 0.667. The fraction of sp³-hybridized carbons (Fsp3) is 0.462. The van der Waals surface area contributed by atoms with Crippen LogP contribution in [0.25, 0.3) is 0 Å². The van der Waals surface area contributed by atoms with Crippen molar-refractivity contribution >= 4 is 6.29 Å². The van der Waals surface area contributed by atoms with Crippen molar-refractivity contribution in [1.82, 2.24) is 0 Å². The lowest BCUT2D eigenvalue weighted by Crippen LogP contribution is -2.00. The Hall–Kier alpha value is -1.11. The first-order valence-corrected chi connectivity index (χ1v) is 5.15. The lowest BCUT2D eigenvalue weighted by molar-refractivity contribution is -0.107. The van der Waals surface area contributed by atoms with Crippen LogP contribution in [-0.2, 0) is 17.6 Å². The van der Waals surface area contributed by atoms with E-state index in [1.807, 2.05) is 0 Å². The van der Waals surface area contributed by atoms with E-state index in [0.29, 0.717) is 12.3 Å². The van der Waals surface area contributed by atoms with Crippen LogP contribution in [0.2, 0.25) is 0 Å². The minimum absolute atomic E-state index is 0.544. The van der Waals surface area contributed by atoms with E-state index < -0.39 is 0 Å². The van der Waals surface area contributed by atoms with Crippen molar-refractivity contribution < 1.29 is 4.79 Å². The molecule has 0 aliphatic rings. The Morgan fingerprint density at radius 3 is 2.57 bits per heavy atom. The molecule has 0 atom stereocenters. The zero-order chi connectivity index (χ0) is 10.6. The summed E-state index contributed by atoms with van der Waals surface area (Å²) in [6, 6.07) is 6.34. The highest BCUT2D eigenvalue weighted by molar-refractivity contribution is 5.56. The molecule has 1 aromatic carbocycles. The molecule has 0 radical (unpaired) electrons. The fourth-order valence-electron chi connectivity index (χ4n) is 1.67. The molecule has 1 aromatic rings. The van der Waals surface area contributed by atoms with Gasteiger partial charge >= 0.3 is 0 Å². The summed E-state index contributed by atoms with van der Waals surface area (Å²) in [6.07, 6.45) is 2.58. The second kappa shape index (κ2) is 4.94. The van der Waals surface area contributed by atoms with Gasteiger partial charge in [-0.25, -0.2) is 0 Å². The summed E-state index contributed by atoms with van der Waals surface area (Å²) in [5.41, 5.74) is 3.78. The summed E-state index contributed by atoms with van der Waals surface area (Å²) < 4.78 is 0. The van der Waals surface area contributed by atoms with Crippen molar-refractivity contribution in [1.29, 1.82) is 0 Å². The third-order valence-electron chi connectivity index (χ3n) is 2.29. The molecular formula is C13H18O. The van der Waals surface area contributed by atoms with Crippen LogP contribution in [0.1, 0.15) is 30.5 Å². The standard InChI is InChI=1S/C13H18O/c1-10(2)8-13-9-11(3)4-5-12(13)6-7-14/h4-5,7,9-10H,6,8H2,1-3H3. The highest BCUT2D eigenvalue weighted by Gasteiger charge is 2.04. The summed E-state index contributed by atoms with van der Waals surface area (Å²) in [4.78, 5) is 10.5. The zero-order valence-corrected chi connectivity index (χ0v) is 9.21. The highest BCUT2D eigenvalue weighted by atomic mass is 16.1. The second-order valence-electron chi connectivity index (χ2n) is 4.24. The van der Waals surface area contributed by atoms with Crippen molar-refractivity contribution in [2.75, 3.05) is 0 Å². The first kappa shape index (κ1) is 11.0. The maximum absolute atomic E-state index is 10.5. The molecule has 0 N–H and O–H groups in total. The predicted octanol–water partition coefficient (Wildman–Crippen LogP) is 2.93. The van der Waals surface area contributed by atoms with Gasteiger partial charge in [-0.15, -0.1) is 0 Å². The molecule has 0 aromatic heterocycles. The number of carbonyl (C=O) groups is 1. The van der Waals surface area contributed by atoms with Crippen molar-refractivity contribution in [3.05, 3.63) is 34.9 Å². The van der Waals surface area contributed by atoms with E-state index in [1.54, 1.807) is 0 Å². The molecule has 0 unspecified atom stereocenters. The minimum Gasteiger partial charge on any atom is -0.303 e. The molecule has 1 heteroatoms. The van der Waals surface area contributed by atoms with Crippen LogP contribution in [0.5, 0.6) is 0 Å². The molecule has 0 heterocycles. The number of benzene rings is 1. The lowest BCUT2D eigenvalue weighted by Gasteiger charge is -2.10. The number of aryl methyl sites for hydroxylation is 1. The van der Waals surface area contributed by atoms with Gasteiger partial charge in [-0.2, -0.15) is 0 Å². The van der Waals surface area contributed by atoms with Gasteiger partial charge in [0.25, 0.3) is 0 Å². The van der Waals surface area contributed by atoms with Crippen LogP contribution in [0.3, 0.4) is 0 Å². The molecule has 0 fully saturated rings. The number of rotatable bonds is 4. The van der Waals surface area contributed by atoms with Gasteiger partial charge in [0.15, 0.2) is 0 Å². The SMILES string of the molecule is Cc1ccc(CC=O)c(CC(C)C)c1. The van der Waals surface area contributed by atoms with E-state index >= 15 is 0 Å². The molecule has 0 aliphatic heterocycles.